The van der Waals surface area contributed by atoms with Gasteiger partial charge in [-0.05, 0) is 67.7 Å². The summed E-state index contributed by atoms with van der Waals surface area (Å²) < 4.78 is 13.2. The van der Waals surface area contributed by atoms with Crippen LogP contribution >= 0.6 is 0 Å². The number of nitrogens with one attached hydrogen (secondary N) is 1. The van der Waals surface area contributed by atoms with Crippen molar-refractivity contribution in [3.05, 3.63) is 88.9 Å². The maximum Gasteiger partial charge on any atom is 0.133 e. The maximum absolute atomic E-state index is 13.2. The molecule has 1 aliphatic heterocycles. The highest BCUT2D eigenvalue weighted by atomic mass is 19.1. The van der Waals surface area contributed by atoms with Crippen LogP contribution in [0.4, 0.5) is 10.1 Å². The van der Waals surface area contributed by atoms with E-state index in [1.807, 2.05) is 6.07 Å². The van der Waals surface area contributed by atoms with E-state index in [2.05, 4.69) is 47.5 Å². The second kappa shape index (κ2) is 8.34. The fourth-order valence-electron chi connectivity index (χ4n) is 4.76. The molecule has 2 aliphatic rings. The number of carbonyl (C=O) groups excluding carboxylic acids is 1. The highest BCUT2D eigenvalue weighted by Crippen LogP contribution is 2.47. The molecule has 0 aromatic heterocycles. The Kier molecular flexibility index (Phi) is 5.63. The topological polar surface area (TPSA) is 32.3 Å². The van der Waals surface area contributed by atoms with E-state index < -0.39 is 0 Å². The van der Waals surface area contributed by atoms with Gasteiger partial charge in [-0.15, -0.1) is 0 Å². The van der Waals surface area contributed by atoms with E-state index in [4.69, 9.17) is 0 Å². The van der Waals surface area contributed by atoms with Crippen LogP contribution in [-0.2, 0) is 11.2 Å². The highest BCUT2D eigenvalue weighted by molar-refractivity contribution is 5.55. The minimum atomic E-state index is -0.229. The summed E-state index contributed by atoms with van der Waals surface area (Å²) in [7, 11) is 0. The Labute approximate surface area is 171 Å². The number of aldehydes is 1. The summed E-state index contributed by atoms with van der Waals surface area (Å²) in [6.45, 7) is 4.47. The average Bonchev–Trinajstić information content (AvgIpc) is 2.71. The van der Waals surface area contributed by atoms with Crippen LogP contribution in [-0.4, -0.2) is 30.8 Å². The molecule has 2 aromatic carbocycles. The molecule has 1 N–H and O–H groups in total. The smallest absolute Gasteiger partial charge is 0.133 e. The number of carbonyl (C=O) groups is 1. The van der Waals surface area contributed by atoms with Crippen molar-refractivity contribution in [1.82, 2.24) is 4.90 Å². The first-order valence-electron chi connectivity index (χ1n) is 10.2. The van der Waals surface area contributed by atoms with Crippen LogP contribution in [0.15, 0.2) is 77.5 Å². The Balaban J connectivity index is 1.63. The van der Waals surface area contributed by atoms with Gasteiger partial charge < -0.3 is 10.1 Å². The predicted molar refractivity (Wildman–Crippen MR) is 115 cm³/mol. The van der Waals surface area contributed by atoms with E-state index in [0.29, 0.717) is 6.54 Å². The SMILES string of the molecule is CC1=C(Nc2ccc(F)cc2)C=C2CCN(CC=O)CC2(Cc2ccccc2)C1. The lowest BCUT2D eigenvalue weighted by atomic mass is 9.65. The van der Waals surface area contributed by atoms with Gasteiger partial charge in [-0.2, -0.15) is 0 Å². The van der Waals surface area contributed by atoms with E-state index in [9.17, 15) is 9.18 Å². The summed E-state index contributed by atoms with van der Waals surface area (Å²) in [4.78, 5) is 13.4. The van der Waals surface area contributed by atoms with Crippen LogP contribution < -0.4 is 5.32 Å². The van der Waals surface area contributed by atoms with Crippen molar-refractivity contribution in [3.8, 4) is 0 Å². The van der Waals surface area contributed by atoms with Crippen molar-refractivity contribution < 1.29 is 9.18 Å². The zero-order chi connectivity index (χ0) is 20.3. The average molecular weight is 391 g/mol. The number of halogens is 1. The number of benzene rings is 2. The summed E-state index contributed by atoms with van der Waals surface area (Å²) >= 11 is 0. The van der Waals surface area contributed by atoms with Gasteiger partial charge in [-0.25, -0.2) is 4.39 Å². The van der Waals surface area contributed by atoms with Gasteiger partial charge in [0, 0.05) is 29.9 Å². The standard InChI is InChI=1S/C25H27FN2O/c1-19-16-25(17-20-5-3-2-4-6-20)18-28(13-14-29)12-11-21(25)15-24(19)27-23-9-7-22(26)8-10-23/h2-10,14-15,27H,11-13,16-18H2,1H3. The molecule has 3 nitrogen and oxygen atoms in total. The van der Waals surface area contributed by atoms with Gasteiger partial charge in [0.25, 0.3) is 0 Å². The van der Waals surface area contributed by atoms with Gasteiger partial charge in [0.05, 0.1) is 6.54 Å². The number of allylic oxidation sites excluding steroid dienone is 2. The molecule has 1 heterocycles. The maximum atomic E-state index is 13.2. The van der Waals surface area contributed by atoms with Crippen molar-refractivity contribution >= 4 is 12.0 Å². The molecular formula is C25H27FN2O. The number of hydrogen-bond donors (Lipinski definition) is 1. The van der Waals surface area contributed by atoms with E-state index in [-0.39, 0.29) is 11.2 Å². The van der Waals surface area contributed by atoms with Crippen molar-refractivity contribution in [2.75, 3.05) is 25.0 Å². The third-order valence-electron chi connectivity index (χ3n) is 6.13. The number of hydrogen-bond acceptors (Lipinski definition) is 3. The zero-order valence-electron chi connectivity index (χ0n) is 16.8. The number of anilines is 1. The van der Waals surface area contributed by atoms with Gasteiger partial charge in [0.2, 0.25) is 0 Å². The van der Waals surface area contributed by atoms with Crippen LogP contribution in [0.25, 0.3) is 0 Å². The molecule has 0 bridgehead atoms. The summed E-state index contributed by atoms with van der Waals surface area (Å²) in [5.41, 5.74) is 6.08. The van der Waals surface area contributed by atoms with Crippen molar-refractivity contribution in [2.24, 2.45) is 5.41 Å². The predicted octanol–water partition coefficient (Wildman–Crippen LogP) is 4.98. The molecule has 1 unspecified atom stereocenters. The fraction of sp³-hybridized carbons (Fsp3) is 0.320. The van der Waals surface area contributed by atoms with E-state index in [0.717, 1.165) is 50.0 Å². The fourth-order valence-corrected chi connectivity index (χ4v) is 4.76. The third-order valence-corrected chi connectivity index (χ3v) is 6.13. The molecule has 1 fully saturated rings. The van der Waals surface area contributed by atoms with Crippen molar-refractivity contribution in [1.29, 1.82) is 0 Å². The number of piperidine rings is 1. The molecule has 1 atom stereocenters. The van der Waals surface area contributed by atoms with Gasteiger partial charge >= 0.3 is 0 Å². The molecule has 150 valence electrons. The molecule has 0 amide bonds. The third kappa shape index (κ3) is 4.33. The molecule has 0 saturated carbocycles. The lowest BCUT2D eigenvalue weighted by molar-refractivity contribution is -0.109. The molecule has 0 spiro atoms. The lowest BCUT2D eigenvalue weighted by Crippen LogP contribution is -2.48. The van der Waals surface area contributed by atoms with E-state index in [1.54, 1.807) is 12.1 Å². The second-order valence-electron chi connectivity index (χ2n) is 8.27. The summed E-state index contributed by atoms with van der Waals surface area (Å²) in [6, 6.07) is 17.1. The van der Waals surface area contributed by atoms with Gasteiger partial charge in [0.15, 0.2) is 0 Å². The minimum absolute atomic E-state index is 0.0146. The second-order valence-corrected chi connectivity index (χ2v) is 8.27. The van der Waals surface area contributed by atoms with Crippen LogP contribution in [0.2, 0.25) is 0 Å². The minimum Gasteiger partial charge on any atom is -0.356 e. The normalized spacial score (nSPS) is 22.1. The first-order chi connectivity index (χ1) is 14.1. The molecule has 1 saturated heterocycles. The summed E-state index contributed by atoms with van der Waals surface area (Å²) in [5, 5.41) is 3.48. The largest absolute Gasteiger partial charge is 0.356 e. The Hall–Kier alpha value is -2.72. The first-order valence-corrected chi connectivity index (χ1v) is 10.2. The molecule has 29 heavy (non-hydrogen) atoms. The van der Waals surface area contributed by atoms with E-state index in [1.165, 1.54) is 28.8 Å². The van der Waals surface area contributed by atoms with Crippen molar-refractivity contribution in [2.45, 2.75) is 26.2 Å². The summed E-state index contributed by atoms with van der Waals surface area (Å²) in [6.07, 6.45) is 6.19. The summed E-state index contributed by atoms with van der Waals surface area (Å²) in [5.74, 6) is -0.229. The molecule has 2 aromatic rings. The van der Waals surface area contributed by atoms with Gasteiger partial charge in [-0.3, -0.25) is 4.90 Å². The first kappa shape index (κ1) is 19.6. The Morgan fingerprint density at radius 3 is 2.62 bits per heavy atom. The molecular weight excluding hydrogens is 363 g/mol. The van der Waals surface area contributed by atoms with Crippen LogP contribution in [0.1, 0.15) is 25.3 Å². The van der Waals surface area contributed by atoms with Crippen LogP contribution in [0, 0.1) is 11.2 Å². The van der Waals surface area contributed by atoms with Gasteiger partial charge in [0.1, 0.15) is 12.1 Å². The van der Waals surface area contributed by atoms with Crippen molar-refractivity contribution in [3.63, 3.8) is 0 Å². The van der Waals surface area contributed by atoms with Gasteiger partial charge in [-0.1, -0.05) is 35.9 Å². The number of nitrogens with zero attached hydrogens (tertiary/aromatic N) is 1. The van der Waals surface area contributed by atoms with E-state index >= 15 is 0 Å². The van der Waals surface area contributed by atoms with Crippen LogP contribution in [0.5, 0.6) is 0 Å². The molecule has 4 rings (SSSR count). The zero-order valence-corrected chi connectivity index (χ0v) is 16.8. The lowest BCUT2D eigenvalue weighted by Gasteiger charge is -2.47. The molecule has 4 heteroatoms. The Morgan fingerprint density at radius 2 is 1.90 bits per heavy atom. The number of fused-ring (bicyclic) bond motifs is 1. The Morgan fingerprint density at radius 1 is 1.14 bits per heavy atom. The highest BCUT2D eigenvalue weighted by Gasteiger charge is 2.41. The quantitative estimate of drug-likeness (QED) is 0.707. The number of likely N-dealkylation sites (tertiary alicyclic amines) is 1. The molecule has 1 aliphatic carbocycles. The molecule has 0 radical (unpaired) electrons. The Bertz CT molecular complexity index is 933. The monoisotopic (exact) mass is 390 g/mol. The van der Waals surface area contributed by atoms with Crippen LogP contribution in [0.3, 0.4) is 0 Å². The number of rotatable bonds is 6.